The number of imidazole rings is 1. The number of likely N-dealkylation sites (tertiary alicyclic amines) is 2. The van der Waals surface area contributed by atoms with E-state index in [2.05, 4.69) is 9.88 Å². The van der Waals surface area contributed by atoms with E-state index in [0.717, 1.165) is 30.1 Å². The number of β-amino-alcohol motifs (C(OH)–C–C–N with tert-alkyl or cyclic N) is 1. The zero-order valence-corrected chi connectivity index (χ0v) is 14.8. The Bertz CT molecular complexity index is 781. The molecule has 134 valence electrons. The highest BCUT2D eigenvalue weighted by molar-refractivity contribution is 5.79. The van der Waals surface area contributed by atoms with Crippen molar-refractivity contribution in [1.82, 2.24) is 19.2 Å². The maximum atomic E-state index is 12.8. The van der Waals surface area contributed by atoms with Gasteiger partial charge in [-0.3, -0.25) is 4.79 Å². The highest BCUT2D eigenvalue weighted by Crippen LogP contribution is 2.25. The van der Waals surface area contributed by atoms with E-state index < -0.39 is 5.60 Å². The van der Waals surface area contributed by atoms with Crippen molar-refractivity contribution in [2.24, 2.45) is 0 Å². The molecule has 0 aliphatic carbocycles. The number of hydrogen-bond donors (Lipinski definition) is 1. The van der Waals surface area contributed by atoms with Crippen molar-refractivity contribution in [2.75, 3.05) is 32.7 Å². The lowest BCUT2D eigenvalue weighted by molar-refractivity contribution is -0.130. The van der Waals surface area contributed by atoms with Crippen LogP contribution in [0.25, 0.3) is 5.65 Å². The van der Waals surface area contributed by atoms with Crippen LogP contribution in [0.4, 0.5) is 0 Å². The number of amides is 1. The number of aromatic nitrogens is 2. The van der Waals surface area contributed by atoms with Gasteiger partial charge in [0.25, 0.3) is 0 Å². The predicted molar refractivity (Wildman–Crippen MR) is 95.5 cm³/mol. The molecule has 2 aromatic heterocycles. The number of hydrogen-bond acceptors (Lipinski definition) is 4. The smallest absolute Gasteiger partial charge is 0.228 e. The van der Waals surface area contributed by atoms with Crippen LogP contribution < -0.4 is 0 Å². The van der Waals surface area contributed by atoms with Gasteiger partial charge < -0.3 is 19.3 Å². The molecule has 2 saturated heterocycles. The molecule has 2 fully saturated rings. The second-order valence-electron chi connectivity index (χ2n) is 7.52. The van der Waals surface area contributed by atoms with E-state index in [1.54, 1.807) is 0 Å². The van der Waals surface area contributed by atoms with Gasteiger partial charge in [-0.1, -0.05) is 6.07 Å². The maximum Gasteiger partial charge on any atom is 0.228 e. The number of pyridine rings is 1. The lowest BCUT2D eigenvalue weighted by atomic mass is 10.0. The third-order valence-corrected chi connectivity index (χ3v) is 5.55. The summed E-state index contributed by atoms with van der Waals surface area (Å²) >= 11 is 0. The molecule has 2 aliphatic rings. The van der Waals surface area contributed by atoms with Gasteiger partial charge in [-0.2, -0.15) is 0 Å². The number of carbonyl (C=O) groups excluding carboxylic acids is 1. The Labute approximate surface area is 148 Å². The summed E-state index contributed by atoms with van der Waals surface area (Å²) in [5.74, 6) is 0.0751. The molecule has 1 amide bonds. The summed E-state index contributed by atoms with van der Waals surface area (Å²) in [6, 6.07) is 5.85. The van der Waals surface area contributed by atoms with Crippen LogP contribution in [0.5, 0.6) is 0 Å². The van der Waals surface area contributed by atoms with Gasteiger partial charge in [0, 0.05) is 19.3 Å². The van der Waals surface area contributed by atoms with Crippen molar-refractivity contribution in [3.8, 4) is 0 Å². The van der Waals surface area contributed by atoms with Gasteiger partial charge in [0.15, 0.2) is 0 Å². The third kappa shape index (κ3) is 3.28. The van der Waals surface area contributed by atoms with Crippen LogP contribution in [-0.2, 0) is 11.2 Å². The van der Waals surface area contributed by atoms with E-state index in [4.69, 9.17) is 0 Å². The number of aliphatic hydroxyl groups is 1. The number of nitrogens with zero attached hydrogens (tertiary/aromatic N) is 4. The first kappa shape index (κ1) is 16.5. The van der Waals surface area contributed by atoms with Gasteiger partial charge in [0.2, 0.25) is 5.91 Å². The molecule has 0 saturated carbocycles. The van der Waals surface area contributed by atoms with Crippen LogP contribution in [-0.4, -0.2) is 68.5 Å². The normalized spacial score (nSPS) is 24.5. The molecular formula is C19H26N4O2. The summed E-state index contributed by atoms with van der Waals surface area (Å²) < 4.78 is 1.99. The van der Waals surface area contributed by atoms with Crippen molar-refractivity contribution in [3.63, 3.8) is 0 Å². The molecular weight excluding hydrogens is 316 g/mol. The van der Waals surface area contributed by atoms with Gasteiger partial charge in [0.05, 0.1) is 30.0 Å². The Balaban J connectivity index is 1.44. The standard InChI is InChI=1S/C19H26N4O2/c1-15-16(23-10-3-2-6-17(23)20-15)12-18(24)22-11-7-19(25,14-22)13-21-8-4-5-9-21/h2-3,6,10,25H,4-5,7-9,11-14H2,1H3/t19-/m1/s1. The van der Waals surface area contributed by atoms with Crippen molar-refractivity contribution >= 4 is 11.6 Å². The fourth-order valence-electron chi connectivity index (χ4n) is 4.19. The summed E-state index contributed by atoms with van der Waals surface area (Å²) in [5.41, 5.74) is 1.95. The molecule has 6 heteroatoms. The van der Waals surface area contributed by atoms with Crippen LogP contribution in [0.3, 0.4) is 0 Å². The Morgan fingerprint density at radius 3 is 2.88 bits per heavy atom. The van der Waals surface area contributed by atoms with E-state index in [1.807, 2.05) is 40.6 Å². The minimum atomic E-state index is -0.755. The van der Waals surface area contributed by atoms with E-state index in [1.165, 1.54) is 12.8 Å². The molecule has 0 aromatic carbocycles. The van der Waals surface area contributed by atoms with Crippen molar-refractivity contribution in [3.05, 3.63) is 35.8 Å². The first-order chi connectivity index (χ1) is 12.0. The van der Waals surface area contributed by atoms with Gasteiger partial charge in [0.1, 0.15) is 5.65 Å². The van der Waals surface area contributed by atoms with Gasteiger partial charge in [-0.05, 0) is 51.4 Å². The molecule has 6 nitrogen and oxygen atoms in total. The Hall–Kier alpha value is -1.92. The lowest BCUT2D eigenvalue weighted by Crippen LogP contribution is -2.45. The van der Waals surface area contributed by atoms with Gasteiger partial charge >= 0.3 is 0 Å². The Morgan fingerprint density at radius 1 is 1.28 bits per heavy atom. The zero-order chi connectivity index (χ0) is 17.4. The van der Waals surface area contributed by atoms with E-state index in [9.17, 15) is 9.90 Å². The molecule has 2 aromatic rings. The van der Waals surface area contributed by atoms with Crippen molar-refractivity contribution in [1.29, 1.82) is 0 Å². The first-order valence-electron chi connectivity index (χ1n) is 9.19. The summed E-state index contributed by atoms with van der Waals surface area (Å²) in [4.78, 5) is 21.5. The summed E-state index contributed by atoms with van der Waals surface area (Å²) in [6.45, 7) is 5.85. The summed E-state index contributed by atoms with van der Waals surface area (Å²) in [7, 11) is 0. The molecule has 4 rings (SSSR count). The number of aryl methyl sites for hydroxylation is 1. The van der Waals surface area contributed by atoms with Gasteiger partial charge in [-0.15, -0.1) is 0 Å². The van der Waals surface area contributed by atoms with Crippen molar-refractivity contribution < 1.29 is 9.90 Å². The highest BCUT2D eigenvalue weighted by atomic mass is 16.3. The second kappa shape index (κ2) is 6.42. The van der Waals surface area contributed by atoms with Crippen LogP contribution in [0.2, 0.25) is 0 Å². The fraction of sp³-hybridized carbons (Fsp3) is 0.579. The number of rotatable bonds is 4. The molecule has 25 heavy (non-hydrogen) atoms. The molecule has 4 heterocycles. The van der Waals surface area contributed by atoms with Crippen LogP contribution >= 0.6 is 0 Å². The van der Waals surface area contributed by atoms with E-state index in [0.29, 0.717) is 32.5 Å². The summed E-state index contributed by atoms with van der Waals surface area (Å²) in [5, 5.41) is 10.9. The number of carbonyl (C=O) groups is 1. The molecule has 0 unspecified atom stereocenters. The van der Waals surface area contributed by atoms with Crippen LogP contribution in [0, 0.1) is 6.92 Å². The van der Waals surface area contributed by atoms with Crippen molar-refractivity contribution in [2.45, 2.75) is 38.2 Å². The Morgan fingerprint density at radius 2 is 2.08 bits per heavy atom. The maximum absolute atomic E-state index is 12.8. The molecule has 1 atom stereocenters. The average Bonchev–Trinajstić information content (AvgIpc) is 3.29. The largest absolute Gasteiger partial charge is 0.387 e. The van der Waals surface area contributed by atoms with E-state index >= 15 is 0 Å². The zero-order valence-electron chi connectivity index (χ0n) is 14.8. The molecule has 0 bridgehead atoms. The minimum absolute atomic E-state index is 0.0751. The minimum Gasteiger partial charge on any atom is -0.387 e. The fourth-order valence-corrected chi connectivity index (χ4v) is 4.19. The predicted octanol–water partition coefficient (Wildman–Crippen LogP) is 1.24. The van der Waals surface area contributed by atoms with Crippen LogP contribution in [0.1, 0.15) is 30.7 Å². The third-order valence-electron chi connectivity index (χ3n) is 5.55. The molecule has 2 aliphatic heterocycles. The quantitative estimate of drug-likeness (QED) is 0.908. The molecule has 0 radical (unpaired) electrons. The van der Waals surface area contributed by atoms with Crippen LogP contribution in [0.15, 0.2) is 24.4 Å². The second-order valence-corrected chi connectivity index (χ2v) is 7.52. The molecule has 1 N–H and O–H groups in total. The number of fused-ring (bicyclic) bond motifs is 1. The SMILES string of the molecule is Cc1nc2ccccn2c1CC(=O)N1CC[C@@](O)(CN2CCCC2)C1. The Kier molecular flexibility index (Phi) is 4.25. The van der Waals surface area contributed by atoms with Gasteiger partial charge in [-0.25, -0.2) is 4.98 Å². The monoisotopic (exact) mass is 342 g/mol. The molecule has 0 spiro atoms. The van der Waals surface area contributed by atoms with E-state index in [-0.39, 0.29) is 5.91 Å². The average molecular weight is 342 g/mol. The topological polar surface area (TPSA) is 61.1 Å². The highest BCUT2D eigenvalue weighted by Gasteiger charge is 2.39. The first-order valence-corrected chi connectivity index (χ1v) is 9.19. The lowest BCUT2D eigenvalue weighted by Gasteiger charge is -2.28. The summed E-state index contributed by atoms with van der Waals surface area (Å²) in [6.07, 6.45) is 5.38.